The normalized spacial score (nSPS) is 12.4. The molecule has 0 aliphatic rings. The van der Waals surface area contributed by atoms with Gasteiger partial charge in [0, 0.05) is 31.9 Å². The lowest BCUT2D eigenvalue weighted by atomic mass is 10.1. The topological polar surface area (TPSA) is 99.2 Å². The molecular weight excluding hydrogens is 392 g/mol. The Morgan fingerprint density at radius 2 is 1.61 bits per heavy atom. The molecular formula is C25H38N2O4. The van der Waals surface area contributed by atoms with E-state index in [2.05, 4.69) is 24.3 Å². The van der Waals surface area contributed by atoms with Gasteiger partial charge in [-0.25, -0.2) is 5.01 Å². The fourth-order valence-corrected chi connectivity index (χ4v) is 3.51. The van der Waals surface area contributed by atoms with E-state index in [0.717, 1.165) is 58.2 Å². The molecule has 0 radical (unpaired) electrons. The molecule has 2 aromatic carbocycles. The van der Waals surface area contributed by atoms with E-state index in [1.807, 2.05) is 6.07 Å². The van der Waals surface area contributed by atoms with Crippen molar-refractivity contribution in [2.24, 2.45) is 5.84 Å². The Morgan fingerprint density at radius 3 is 2.35 bits per heavy atom. The van der Waals surface area contributed by atoms with Crippen LogP contribution in [-0.2, 0) is 17.8 Å². The van der Waals surface area contributed by atoms with Gasteiger partial charge in [-0.2, -0.15) is 0 Å². The Balaban J connectivity index is 1.44. The van der Waals surface area contributed by atoms with Gasteiger partial charge in [-0.3, -0.25) is 5.84 Å². The van der Waals surface area contributed by atoms with Crippen molar-refractivity contribution < 1.29 is 20.1 Å². The number of hydrogen-bond donors (Lipinski definition) is 4. The van der Waals surface area contributed by atoms with E-state index in [9.17, 15) is 15.3 Å². The molecule has 0 saturated carbocycles. The molecule has 6 nitrogen and oxygen atoms in total. The van der Waals surface area contributed by atoms with Gasteiger partial charge in [0.25, 0.3) is 0 Å². The van der Waals surface area contributed by atoms with Gasteiger partial charge in [0.15, 0.2) is 0 Å². The van der Waals surface area contributed by atoms with Crippen LogP contribution in [0.1, 0.15) is 61.3 Å². The van der Waals surface area contributed by atoms with Crippen molar-refractivity contribution in [1.29, 1.82) is 0 Å². The zero-order chi connectivity index (χ0) is 22.3. The van der Waals surface area contributed by atoms with Gasteiger partial charge in [-0.1, -0.05) is 49.2 Å². The Labute approximate surface area is 186 Å². The van der Waals surface area contributed by atoms with Crippen molar-refractivity contribution in [3.63, 3.8) is 0 Å². The lowest BCUT2D eigenvalue weighted by Gasteiger charge is -2.21. The molecule has 0 aliphatic carbocycles. The Morgan fingerprint density at radius 1 is 0.903 bits per heavy atom. The number of nitrogens with zero attached hydrogens (tertiary/aromatic N) is 1. The molecule has 31 heavy (non-hydrogen) atoms. The summed E-state index contributed by atoms with van der Waals surface area (Å²) in [5.74, 6) is 6.04. The van der Waals surface area contributed by atoms with E-state index in [4.69, 9.17) is 10.6 Å². The number of hydrogen-bond acceptors (Lipinski definition) is 6. The predicted molar refractivity (Wildman–Crippen MR) is 123 cm³/mol. The van der Waals surface area contributed by atoms with Crippen molar-refractivity contribution in [2.75, 3.05) is 26.3 Å². The van der Waals surface area contributed by atoms with Crippen molar-refractivity contribution in [1.82, 2.24) is 5.01 Å². The first kappa shape index (κ1) is 25.3. The van der Waals surface area contributed by atoms with Crippen LogP contribution in [0.3, 0.4) is 0 Å². The minimum Gasteiger partial charge on any atom is -0.508 e. The smallest absolute Gasteiger partial charge is 0.121 e. The summed E-state index contributed by atoms with van der Waals surface area (Å²) in [4.78, 5) is 0. The summed E-state index contributed by atoms with van der Waals surface area (Å²) in [5, 5.41) is 30.8. The van der Waals surface area contributed by atoms with Crippen LogP contribution in [0.15, 0.2) is 48.5 Å². The molecule has 0 fully saturated rings. The van der Waals surface area contributed by atoms with Crippen molar-refractivity contribution in [2.45, 2.75) is 57.7 Å². The third kappa shape index (κ3) is 10.3. The highest BCUT2D eigenvalue weighted by molar-refractivity contribution is 5.36. The first-order chi connectivity index (χ1) is 15.1. The number of rotatable bonds is 16. The fraction of sp³-hybridized carbons (Fsp3) is 0.520. The summed E-state index contributed by atoms with van der Waals surface area (Å²) in [7, 11) is 0. The minimum absolute atomic E-state index is 0.0271. The Kier molecular flexibility index (Phi) is 12.2. The van der Waals surface area contributed by atoms with Gasteiger partial charge in [-0.15, -0.1) is 0 Å². The van der Waals surface area contributed by atoms with E-state index in [1.165, 1.54) is 11.6 Å². The molecule has 0 aromatic heterocycles. The number of phenols is 1. The van der Waals surface area contributed by atoms with Crippen LogP contribution in [0, 0.1) is 0 Å². The molecule has 5 N–H and O–H groups in total. The van der Waals surface area contributed by atoms with Crippen molar-refractivity contribution >= 4 is 0 Å². The van der Waals surface area contributed by atoms with Crippen molar-refractivity contribution in [3.05, 3.63) is 65.2 Å². The Hall–Kier alpha value is -1.96. The van der Waals surface area contributed by atoms with Gasteiger partial charge in [0.05, 0.1) is 12.7 Å². The highest BCUT2D eigenvalue weighted by atomic mass is 16.5. The summed E-state index contributed by atoms with van der Waals surface area (Å²) in [6.07, 6.45) is 6.83. The molecule has 172 valence electrons. The third-order valence-electron chi connectivity index (χ3n) is 5.40. The number of nitrogens with two attached hydrogens (primary N) is 1. The molecule has 0 spiro atoms. The standard InChI is InChI=1S/C25H38N2O4/c26-27(19-25(30)22-13-14-24(29)23(18-22)20-28)15-7-1-2-8-16-31-17-9-6-12-21-10-4-3-5-11-21/h3-5,10-11,13-14,18,25,28-30H,1-2,6-9,12,15-17,19-20,26H2. The van der Waals surface area contributed by atoms with E-state index in [0.29, 0.717) is 24.2 Å². The SMILES string of the molecule is NN(CCCCCCOCCCCc1ccccc1)CC(O)c1ccc(O)c(CO)c1. The lowest BCUT2D eigenvalue weighted by Crippen LogP contribution is -2.35. The largest absolute Gasteiger partial charge is 0.508 e. The van der Waals surface area contributed by atoms with Gasteiger partial charge < -0.3 is 20.1 Å². The van der Waals surface area contributed by atoms with E-state index in [-0.39, 0.29) is 12.4 Å². The number of aliphatic hydroxyl groups excluding tert-OH is 2. The first-order valence-corrected chi connectivity index (χ1v) is 11.3. The Bertz CT molecular complexity index is 727. The van der Waals surface area contributed by atoms with Crippen LogP contribution in [0.5, 0.6) is 5.75 Å². The second-order valence-corrected chi connectivity index (χ2v) is 8.03. The second-order valence-electron chi connectivity index (χ2n) is 8.03. The average Bonchev–Trinajstić information content (AvgIpc) is 2.78. The predicted octanol–water partition coefficient (Wildman–Crippen LogP) is 3.69. The maximum absolute atomic E-state index is 10.3. The second kappa shape index (κ2) is 14.9. The quantitative estimate of drug-likeness (QED) is 0.184. The lowest BCUT2D eigenvalue weighted by molar-refractivity contribution is 0.111. The van der Waals surface area contributed by atoms with Crippen LogP contribution in [0.4, 0.5) is 0 Å². The monoisotopic (exact) mass is 430 g/mol. The van der Waals surface area contributed by atoms with Crippen LogP contribution < -0.4 is 5.84 Å². The molecule has 0 bridgehead atoms. The third-order valence-corrected chi connectivity index (χ3v) is 5.40. The van der Waals surface area contributed by atoms with Crippen molar-refractivity contribution in [3.8, 4) is 5.75 Å². The molecule has 6 heteroatoms. The van der Waals surface area contributed by atoms with Gasteiger partial charge in [0.1, 0.15) is 5.75 Å². The average molecular weight is 431 g/mol. The maximum atomic E-state index is 10.3. The van der Waals surface area contributed by atoms with Gasteiger partial charge in [0.2, 0.25) is 0 Å². The number of hydrazine groups is 1. The molecule has 0 heterocycles. The summed E-state index contributed by atoms with van der Waals surface area (Å²) < 4.78 is 5.72. The molecule has 0 saturated heterocycles. The number of aromatic hydroxyl groups is 1. The summed E-state index contributed by atoms with van der Waals surface area (Å²) >= 11 is 0. The number of aryl methyl sites for hydroxylation is 1. The van der Waals surface area contributed by atoms with E-state index in [1.54, 1.807) is 17.1 Å². The summed E-state index contributed by atoms with van der Waals surface area (Å²) in [6.45, 7) is 2.39. The zero-order valence-electron chi connectivity index (χ0n) is 18.5. The molecule has 1 atom stereocenters. The number of benzene rings is 2. The fourth-order valence-electron chi connectivity index (χ4n) is 3.51. The molecule has 2 aromatic rings. The molecule has 0 amide bonds. The molecule has 0 aliphatic heterocycles. The first-order valence-electron chi connectivity index (χ1n) is 11.3. The molecule has 1 unspecified atom stereocenters. The number of aliphatic hydroxyl groups is 2. The van der Waals surface area contributed by atoms with E-state index < -0.39 is 6.10 Å². The summed E-state index contributed by atoms with van der Waals surface area (Å²) in [6, 6.07) is 15.3. The van der Waals surface area contributed by atoms with Crippen LogP contribution in [-0.4, -0.2) is 46.6 Å². The van der Waals surface area contributed by atoms with Crippen LogP contribution >= 0.6 is 0 Å². The highest BCUT2D eigenvalue weighted by Gasteiger charge is 2.13. The van der Waals surface area contributed by atoms with Crippen LogP contribution in [0.25, 0.3) is 0 Å². The van der Waals surface area contributed by atoms with Crippen LogP contribution in [0.2, 0.25) is 0 Å². The van der Waals surface area contributed by atoms with E-state index >= 15 is 0 Å². The van der Waals surface area contributed by atoms with Gasteiger partial charge in [-0.05, 0) is 55.4 Å². The highest BCUT2D eigenvalue weighted by Crippen LogP contribution is 2.22. The zero-order valence-corrected chi connectivity index (χ0v) is 18.5. The number of unbranched alkanes of at least 4 members (excludes halogenated alkanes) is 4. The van der Waals surface area contributed by atoms with Gasteiger partial charge >= 0.3 is 0 Å². The molecule has 2 rings (SSSR count). The maximum Gasteiger partial charge on any atom is 0.121 e. The minimum atomic E-state index is -0.758. The summed E-state index contributed by atoms with van der Waals surface area (Å²) in [5.41, 5.74) is 2.43. The number of ether oxygens (including phenoxy) is 1.